The van der Waals surface area contributed by atoms with Crippen molar-refractivity contribution in [2.75, 3.05) is 26.8 Å². The molecule has 4 nitrogen and oxygen atoms in total. The van der Waals surface area contributed by atoms with Crippen LogP contribution in [0.25, 0.3) is 0 Å². The van der Waals surface area contributed by atoms with Gasteiger partial charge in [-0.05, 0) is 36.6 Å². The Morgan fingerprint density at radius 1 is 1.41 bits per heavy atom. The molecule has 2 rings (SSSR count). The lowest BCUT2D eigenvalue weighted by Gasteiger charge is -2.26. The van der Waals surface area contributed by atoms with E-state index in [1.807, 2.05) is 19.9 Å². The minimum Gasteiger partial charge on any atom is -0.504 e. The molecule has 94 valence electrons. The highest BCUT2D eigenvalue weighted by atomic mass is 16.5. The number of phenolic OH excluding ortho intramolecular Hbond substituents is 1. The minimum atomic E-state index is 0.0388. The highest BCUT2D eigenvalue weighted by Crippen LogP contribution is 2.37. The first-order valence-corrected chi connectivity index (χ1v) is 5.84. The first kappa shape index (κ1) is 12.2. The second-order valence-electron chi connectivity index (χ2n) is 4.33. The number of aromatic hydroxyl groups is 1. The van der Waals surface area contributed by atoms with E-state index in [9.17, 15) is 5.11 Å². The first-order chi connectivity index (χ1) is 8.15. The van der Waals surface area contributed by atoms with Gasteiger partial charge in [-0.3, -0.25) is 0 Å². The molecule has 1 unspecified atom stereocenters. The molecule has 0 saturated carbocycles. The van der Waals surface area contributed by atoms with Gasteiger partial charge in [0, 0.05) is 13.1 Å². The van der Waals surface area contributed by atoms with Crippen molar-refractivity contribution in [3.05, 3.63) is 22.8 Å². The molecule has 1 saturated heterocycles. The molecule has 0 bridgehead atoms. The van der Waals surface area contributed by atoms with Crippen molar-refractivity contribution in [1.29, 1.82) is 0 Å². The predicted octanol–water partition coefficient (Wildman–Crippen LogP) is 1.68. The molecule has 0 aliphatic carbocycles. The number of hydrogen-bond donors (Lipinski definition) is 2. The molecule has 1 aromatic carbocycles. The summed E-state index contributed by atoms with van der Waals surface area (Å²) < 4.78 is 10.9. The van der Waals surface area contributed by atoms with Crippen LogP contribution in [-0.4, -0.2) is 31.9 Å². The molecule has 1 aromatic rings. The summed E-state index contributed by atoms with van der Waals surface area (Å²) in [6.07, 6.45) is 0.0388. The molecule has 0 aromatic heterocycles. The average molecular weight is 237 g/mol. The quantitative estimate of drug-likeness (QED) is 0.821. The van der Waals surface area contributed by atoms with E-state index in [4.69, 9.17) is 9.47 Å². The van der Waals surface area contributed by atoms with Crippen LogP contribution < -0.4 is 10.1 Å². The van der Waals surface area contributed by atoms with Gasteiger partial charge in [0.2, 0.25) is 0 Å². The number of rotatable bonds is 2. The largest absolute Gasteiger partial charge is 0.504 e. The lowest BCUT2D eigenvalue weighted by atomic mass is 9.97. The topological polar surface area (TPSA) is 50.7 Å². The summed E-state index contributed by atoms with van der Waals surface area (Å²) in [5.74, 6) is 0.731. The molecule has 1 aliphatic rings. The fourth-order valence-electron chi connectivity index (χ4n) is 2.15. The fourth-order valence-corrected chi connectivity index (χ4v) is 2.15. The Morgan fingerprint density at radius 2 is 2.18 bits per heavy atom. The fraction of sp³-hybridized carbons (Fsp3) is 0.538. The molecule has 0 radical (unpaired) electrons. The highest BCUT2D eigenvalue weighted by molar-refractivity contribution is 5.53. The van der Waals surface area contributed by atoms with E-state index in [-0.39, 0.29) is 11.9 Å². The van der Waals surface area contributed by atoms with Gasteiger partial charge in [0.1, 0.15) is 0 Å². The molecule has 4 heteroatoms. The number of morpholine rings is 1. The number of benzene rings is 1. The monoisotopic (exact) mass is 237 g/mol. The van der Waals surface area contributed by atoms with Crippen LogP contribution in [0.15, 0.2) is 6.07 Å². The normalized spacial score (nSPS) is 20.3. The number of hydrogen-bond acceptors (Lipinski definition) is 4. The van der Waals surface area contributed by atoms with Crippen molar-refractivity contribution >= 4 is 0 Å². The minimum absolute atomic E-state index is 0.0388. The van der Waals surface area contributed by atoms with Crippen LogP contribution >= 0.6 is 0 Å². The third-order valence-electron chi connectivity index (χ3n) is 3.37. The van der Waals surface area contributed by atoms with Crippen LogP contribution in [0.4, 0.5) is 0 Å². The van der Waals surface area contributed by atoms with Gasteiger partial charge in [-0.2, -0.15) is 0 Å². The van der Waals surface area contributed by atoms with Gasteiger partial charge < -0.3 is 19.9 Å². The Hall–Kier alpha value is -1.26. The lowest BCUT2D eigenvalue weighted by Crippen LogP contribution is -2.33. The number of phenols is 1. The summed E-state index contributed by atoms with van der Waals surface area (Å²) in [5, 5.41) is 13.2. The second kappa shape index (κ2) is 4.94. The Morgan fingerprint density at radius 3 is 2.76 bits per heavy atom. The van der Waals surface area contributed by atoms with Gasteiger partial charge >= 0.3 is 0 Å². The van der Waals surface area contributed by atoms with E-state index in [2.05, 4.69) is 5.32 Å². The molecule has 2 N–H and O–H groups in total. The molecule has 1 fully saturated rings. The van der Waals surface area contributed by atoms with Gasteiger partial charge in [-0.25, -0.2) is 0 Å². The van der Waals surface area contributed by atoms with Crippen molar-refractivity contribution in [3.63, 3.8) is 0 Å². The van der Waals surface area contributed by atoms with Crippen LogP contribution in [0.1, 0.15) is 22.8 Å². The van der Waals surface area contributed by atoms with Crippen LogP contribution in [0.5, 0.6) is 11.5 Å². The molecular formula is C13H19NO3. The number of nitrogens with one attached hydrogen (secondary N) is 1. The molecule has 17 heavy (non-hydrogen) atoms. The van der Waals surface area contributed by atoms with Gasteiger partial charge in [0.15, 0.2) is 11.5 Å². The van der Waals surface area contributed by atoms with Crippen LogP contribution in [0, 0.1) is 13.8 Å². The van der Waals surface area contributed by atoms with Crippen LogP contribution in [0.2, 0.25) is 0 Å². The number of ether oxygens (including phenoxy) is 2. The SMILES string of the molecule is COc1cc(C2CNCCO2)c(C)c(C)c1O. The van der Waals surface area contributed by atoms with Crippen molar-refractivity contribution in [2.24, 2.45) is 0 Å². The van der Waals surface area contributed by atoms with E-state index in [1.165, 1.54) is 0 Å². The van der Waals surface area contributed by atoms with E-state index < -0.39 is 0 Å². The van der Waals surface area contributed by atoms with E-state index in [0.29, 0.717) is 12.4 Å². The maximum absolute atomic E-state index is 9.92. The highest BCUT2D eigenvalue weighted by Gasteiger charge is 2.21. The zero-order valence-corrected chi connectivity index (χ0v) is 10.5. The molecular weight excluding hydrogens is 218 g/mol. The Bertz CT molecular complexity index is 412. The maximum atomic E-state index is 9.92. The van der Waals surface area contributed by atoms with Gasteiger partial charge in [0.25, 0.3) is 0 Å². The molecule has 1 atom stereocenters. The summed E-state index contributed by atoms with van der Waals surface area (Å²) in [4.78, 5) is 0. The molecule has 0 amide bonds. The summed E-state index contributed by atoms with van der Waals surface area (Å²) in [6.45, 7) is 6.30. The summed E-state index contributed by atoms with van der Waals surface area (Å²) in [5.41, 5.74) is 3.01. The molecule has 1 aliphatic heterocycles. The zero-order valence-electron chi connectivity index (χ0n) is 10.5. The maximum Gasteiger partial charge on any atom is 0.161 e. The van der Waals surface area contributed by atoms with Gasteiger partial charge in [0.05, 0.1) is 19.8 Å². The smallest absolute Gasteiger partial charge is 0.161 e. The average Bonchev–Trinajstić information content (AvgIpc) is 2.37. The standard InChI is InChI=1S/C13H19NO3/c1-8-9(2)13(15)11(16-3)6-10(8)12-7-14-4-5-17-12/h6,12,14-15H,4-5,7H2,1-3H3. The molecule has 0 spiro atoms. The first-order valence-electron chi connectivity index (χ1n) is 5.84. The third-order valence-corrected chi connectivity index (χ3v) is 3.37. The zero-order chi connectivity index (χ0) is 12.4. The third kappa shape index (κ3) is 2.23. The van der Waals surface area contributed by atoms with Gasteiger partial charge in [-0.1, -0.05) is 0 Å². The summed E-state index contributed by atoms with van der Waals surface area (Å²) in [7, 11) is 1.56. The lowest BCUT2D eigenvalue weighted by molar-refractivity contribution is 0.0271. The Kier molecular flexibility index (Phi) is 3.54. The summed E-state index contributed by atoms with van der Waals surface area (Å²) in [6, 6.07) is 1.87. The van der Waals surface area contributed by atoms with Crippen molar-refractivity contribution in [3.8, 4) is 11.5 Å². The van der Waals surface area contributed by atoms with Gasteiger partial charge in [-0.15, -0.1) is 0 Å². The van der Waals surface area contributed by atoms with E-state index in [0.717, 1.165) is 29.8 Å². The van der Waals surface area contributed by atoms with Crippen molar-refractivity contribution < 1.29 is 14.6 Å². The van der Waals surface area contributed by atoms with E-state index >= 15 is 0 Å². The molecule has 1 heterocycles. The van der Waals surface area contributed by atoms with Crippen molar-refractivity contribution in [2.45, 2.75) is 20.0 Å². The number of methoxy groups -OCH3 is 1. The van der Waals surface area contributed by atoms with E-state index in [1.54, 1.807) is 7.11 Å². The second-order valence-corrected chi connectivity index (χ2v) is 4.33. The summed E-state index contributed by atoms with van der Waals surface area (Å²) >= 11 is 0. The van der Waals surface area contributed by atoms with Crippen molar-refractivity contribution in [1.82, 2.24) is 5.32 Å². The predicted molar refractivity (Wildman–Crippen MR) is 65.7 cm³/mol. The Balaban J connectivity index is 2.42. The Labute approximate surface area is 102 Å². The van der Waals surface area contributed by atoms with Crippen LogP contribution in [0.3, 0.4) is 0 Å². The van der Waals surface area contributed by atoms with Crippen LogP contribution in [-0.2, 0) is 4.74 Å².